The van der Waals surface area contributed by atoms with Crippen molar-refractivity contribution in [2.24, 2.45) is 5.92 Å². The molecule has 0 N–H and O–H groups in total. The van der Waals surface area contributed by atoms with Gasteiger partial charge in [0, 0.05) is 37.3 Å². The van der Waals surface area contributed by atoms with Crippen molar-refractivity contribution in [3.05, 3.63) is 17.5 Å². The maximum Gasteiger partial charge on any atom is 0.227 e. The number of aromatic nitrogens is 2. The Bertz CT molecular complexity index is 868. The van der Waals surface area contributed by atoms with E-state index in [2.05, 4.69) is 9.88 Å². The fourth-order valence-electron chi connectivity index (χ4n) is 4.92. The first kappa shape index (κ1) is 17.4. The zero-order valence-electron chi connectivity index (χ0n) is 15.2. The Kier molecular flexibility index (Phi) is 4.12. The number of morpholine rings is 1. The van der Waals surface area contributed by atoms with E-state index in [-0.39, 0.29) is 35.4 Å². The van der Waals surface area contributed by atoms with Crippen molar-refractivity contribution in [3.63, 3.8) is 0 Å². The maximum atomic E-state index is 13.1. The highest BCUT2D eigenvalue weighted by molar-refractivity contribution is 7.91. The van der Waals surface area contributed by atoms with Gasteiger partial charge in [-0.1, -0.05) is 0 Å². The molecule has 146 valence electrons. The van der Waals surface area contributed by atoms with Crippen molar-refractivity contribution in [2.45, 2.75) is 37.8 Å². The average Bonchev–Trinajstić information content (AvgIpc) is 3.20. The second-order valence-corrected chi connectivity index (χ2v) is 10.2. The third kappa shape index (κ3) is 3.00. The Hall–Kier alpha value is -1.74. The molecule has 0 saturated carbocycles. The van der Waals surface area contributed by atoms with E-state index >= 15 is 0 Å². The Morgan fingerprint density at radius 1 is 1.19 bits per heavy atom. The molecule has 4 aliphatic heterocycles. The smallest absolute Gasteiger partial charge is 0.227 e. The van der Waals surface area contributed by atoms with Crippen LogP contribution in [0.4, 0.5) is 5.95 Å². The minimum atomic E-state index is -3.06. The summed E-state index contributed by atoms with van der Waals surface area (Å²) in [5.41, 5.74) is 2.08. The van der Waals surface area contributed by atoms with Gasteiger partial charge >= 0.3 is 0 Å². The number of hydrogen-bond donors (Lipinski definition) is 0. The second-order valence-electron chi connectivity index (χ2n) is 7.97. The third-order valence-electron chi connectivity index (χ3n) is 6.31. The molecule has 2 bridgehead atoms. The molecule has 1 aromatic rings. The number of nitrogens with zero attached hydrogens (tertiary/aromatic N) is 4. The van der Waals surface area contributed by atoms with Crippen LogP contribution in [-0.2, 0) is 25.8 Å². The molecular formula is C18H24N4O4S. The van der Waals surface area contributed by atoms with Crippen molar-refractivity contribution >= 4 is 21.7 Å². The van der Waals surface area contributed by atoms with Gasteiger partial charge in [0.2, 0.25) is 11.9 Å². The zero-order valence-corrected chi connectivity index (χ0v) is 16.0. The average molecular weight is 392 g/mol. The van der Waals surface area contributed by atoms with Crippen molar-refractivity contribution in [1.82, 2.24) is 14.9 Å². The number of ether oxygens (including phenoxy) is 1. The predicted molar refractivity (Wildman–Crippen MR) is 98.1 cm³/mol. The van der Waals surface area contributed by atoms with Crippen LogP contribution < -0.4 is 4.90 Å². The van der Waals surface area contributed by atoms with Crippen LogP contribution in [-0.4, -0.2) is 73.0 Å². The molecule has 0 aromatic carbocycles. The van der Waals surface area contributed by atoms with Gasteiger partial charge in [0.1, 0.15) is 0 Å². The van der Waals surface area contributed by atoms with Crippen molar-refractivity contribution in [2.75, 3.05) is 42.7 Å². The molecule has 0 spiro atoms. The molecule has 4 aliphatic rings. The summed E-state index contributed by atoms with van der Waals surface area (Å²) in [6, 6.07) is 0.124. The van der Waals surface area contributed by atoms with Crippen LogP contribution in [0.3, 0.4) is 0 Å². The Morgan fingerprint density at radius 3 is 2.74 bits per heavy atom. The first-order chi connectivity index (χ1) is 13.0. The van der Waals surface area contributed by atoms with Crippen LogP contribution in [0.2, 0.25) is 0 Å². The molecular weight excluding hydrogens is 368 g/mol. The van der Waals surface area contributed by atoms with Crippen LogP contribution in [0.15, 0.2) is 6.20 Å². The van der Waals surface area contributed by atoms with Crippen LogP contribution in [0, 0.1) is 5.92 Å². The number of rotatable bonds is 2. The lowest BCUT2D eigenvalue weighted by molar-refractivity contribution is -0.138. The van der Waals surface area contributed by atoms with E-state index in [4.69, 9.17) is 9.72 Å². The van der Waals surface area contributed by atoms with Crippen molar-refractivity contribution in [3.8, 4) is 0 Å². The summed E-state index contributed by atoms with van der Waals surface area (Å²) in [5, 5.41) is 0. The Labute approximate surface area is 158 Å². The summed E-state index contributed by atoms with van der Waals surface area (Å²) in [5.74, 6) is 0.508. The summed E-state index contributed by atoms with van der Waals surface area (Å²) in [6.07, 6.45) is 4.92. The quantitative estimate of drug-likeness (QED) is 0.716. The van der Waals surface area contributed by atoms with E-state index in [1.807, 2.05) is 11.1 Å². The SMILES string of the molecule is O=C([C@H]1CCS(=O)(=O)C1)N1[C@H]2CC[C@H]1c1cnc(N3CCOCC3)nc1C2. The molecule has 0 aliphatic carbocycles. The number of amides is 1. The molecule has 0 radical (unpaired) electrons. The molecule has 1 amide bonds. The molecule has 8 nitrogen and oxygen atoms in total. The molecule has 5 heterocycles. The van der Waals surface area contributed by atoms with Crippen molar-refractivity contribution in [1.29, 1.82) is 0 Å². The summed E-state index contributed by atoms with van der Waals surface area (Å²) < 4.78 is 29.0. The topological polar surface area (TPSA) is 92.7 Å². The second kappa shape index (κ2) is 6.41. The number of carbonyl (C=O) groups is 1. The Balaban J connectivity index is 1.40. The van der Waals surface area contributed by atoms with Gasteiger partial charge in [0.05, 0.1) is 42.4 Å². The molecule has 3 atom stereocenters. The first-order valence-electron chi connectivity index (χ1n) is 9.73. The molecule has 1 aromatic heterocycles. The van der Waals surface area contributed by atoms with Gasteiger partial charge in [-0.25, -0.2) is 18.4 Å². The van der Waals surface area contributed by atoms with Gasteiger partial charge < -0.3 is 14.5 Å². The van der Waals surface area contributed by atoms with Gasteiger partial charge in [-0.15, -0.1) is 0 Å². The van der Waals surface area contributed by atoms with Crippen LogP contribution >= 0.6 is 0 Å². The summed E-state index contributed by atoms with van der Waals surface area (Å²) in [7, 11) is -3.06. The molecule has 0 unspecified atom stereocenters. The maximum absolute atomic E-state index is 13.1. The van der Waals surface area contributed by atoms with E-state index in [0.29, 0.717) is 19.6 Å². The summed E-state index contributed by atoms with van der Waals surface area (Å²) >= 11 is 0. The minimum absolute atomic E-state index is 0.00109. The van der Waals surface area contributed by atoms with E-state index < -0.39 is 9.84 Å². The van der Waals surface area contributed by atoms with Gasteiger partial charge in [-0.2, -0.15) is 0 Å². The predicted octanol–water partition coefficient (Wildman–Crippen LogP) is 0.336. The lowest BCUT2D eigenvalue weighted by Crippen LogP contribution is -2.45. The fourth-order valence-corrected chi connectivity index (χ4v) is 6.65. The van der Waals surface area contributed by atoms with Crippen molar-refractivity contribution < 1.29 is 17.9 Å². The molecule has 3 saturated heterocycles. The number of anilines is 1. The highest BCUT2D eigenvalue weighted by Crippen LogP contribution is 2.44. The highest BCUT2D eigenvalue weighted by atomic mass is 32.2. The Morgan fingerprint density at radius 2 is 2.00 bits per heavy atom. The summed E-state index contributed by atoms with van der Waals surface area (Å²) in [6.45, 7) is 2.98. The molecule has 5 rings (SSSR count). The summed E-state index contributed by atoms with van der Waals surface area (Å²) in [4.78, 5) is 26.6. The third-order valence-corrected chi connectivity index (χ3v) is 8.08. The minimum Gasteiger partial charge on any atom is -0.378 e. The van der Waals surface area contributed by atoms with Gasteiger partial charge in [-0.3, -0.25) is 4.79 Å². The fraction of sp³-hybridized carbons (Fsp3) is 0.722. The molecule has 27 heavy (non-hydrogen) atoms. The van der Waals surface area contributed by atoms with Gasteiger partial charge in [-0.05, 0) is 19.3 Å². The standard InChI is InChI=1S/C18H24N4O4S/c23-17(12-3-8-27(24,25)11-12)22-13-1-2-16(22)14-10-19-18(20-15(14)9-13)21-4-6-26-7-5-21/h10,12-13,16H,1-9,11H2/t12-,13-,16-/m0/s1. The number of fused-ring (bicyclic) bond motifs is 4. The lowest BCUT2D eigenvalue weighted by Gasteiger charge is -2.37. The van der Waals surface area contributed by atoms with Crippen LogP contribution in [0.1, 0.15) is 36.6 Å². The highest BCUT2D eigenvalue weighted by Gasteiger charge is 2.47. The normalized spacial score (nSPS) is 31.8. The largest absolute Gasteiger partial charge is 0.378 e. The van der Waals surface area contributed by atoms with E-state index in [1.54, 1.807) is 0 Å². The number of carbonyl (C=O) groups excluding carboxylic acids is 1. The molecule has 3 fully saturated rings. The van der Waals surface area contributed by atoms with E-state index in [9.17, 15) is 13.2 Å². The van der Waals surface area contributed by atoms with Crippen LogP contribution in [0.5, 0.6) is 0 Å². The monoisotopic (exact) mass is 392 g/mol. The number of sulfone groups is 1. The number of hydrogen-bond acceptors (Lipinski definition) is 7. The van der Waals surface area contributed by atoms with E-state index in [1.165, 1.54) is 0 Å². The van der Waals surface area contributed by atoms with Gasteiger partial charge in [0.15, 0.2) is 9.84 Å². The zero-order chi connectivity index (χ0) is 18.6. The first-order valence-corrected chi connectivity index (χ1v) is 11.5. The van der Waals surface area contributed by atoms with Crippen LogP contribution in [0.25, 0.3) is 0 Å². The van der Waals surface area contributed by atoms with E-state index in [0.717, 1.165) is 49.6 Å². The molecule has 9 heteroatoms. The lowest BCUT2D eigenvalue weighted by atomic mass is 9.96. The van der Waals surface area contributed by atoms with Gasteiger partial charge in [0.25, 0.3) is 0 Å².